The van der Waals surface area contributed by atoms with Gasteiger partial charge in [0, 0.05) is 21.7 Å². The molecule has 0 bridgehead atoms. The van der Waals surface area contributed by atoms with Crippen molar-refractivity contribution in [1.82, 2.24) is 9.97 Å². The molecule has 3 heterocycles. The van der Waals surface area contributed by atoms with E-state index in [1.165, 1.54) is 22.7 Å². The number of anilines is 1. The Labute approximate surface area is 179 Å². The minimum atomic E-state index is -0.230. The lowest BCUT2D eigenvalue weighted by molar-refractivity contribution is 0.102. The second-order valence-corrected chi connectivity index (χ2v) is 8.01. The molecular weight excluding hydrogens is 418 g/mol. The van der Waals surface area contributed by atoms with Crippen molar-refractivity contribution in [2.75, 3.05) is 5.32 Å². The number of nitrogens with one attached hydrogen (secondary N) is 1. The number of ether oxygens (including phenoxy) is 1. The van der Waals surface area contributed by atoms with Crippen LogP contribution in [0.2, 0.25) is 0 Å². The Morgan fingerprint density at radius 2 is 1.97 bits per heavy atom. The molecule has 6 nitrogen and oxygen atoms in total. The average Bonchev–Trinajstić information content (AvgIpc) is 3.52. The summed E-state index contributed by atoms with van der Waals surface area (Å²) < 4.78 is 11.5. The first kappa shape index (κ1) is 18.5. The fourth-order valence-corrected chi connectivity index (χ4v) is 4.13. The van der Waals surface area contributed by atoms with Crippen molar-refractivity contribution in [2.45, 2.75) is 6.61 Å². The summed E-state index contributed by atoms with van der Waals surface area (Å²) in [5, 5.41) is 8.17. The number of hydrogen-bond donors (Lipinski definition) is 1. The Bertz CT molecular complexity index is 1260. The highest BCUT2D eigenvalue weighted by atomic mass is 32.1. The highest BCUT2D eigenvalue weighted by Crippen LogP contribution is 2.30. The number of carbonyl (C=O) groups is 1. The number of hydrogen-bond acceptors (Lipinski definition) is 7. The minimum absolute atomic E-state index is 0.230. The Hall–Kier alpha value is -3.49. The zero-order valence-corrected chi connectivity index (χ0v) is 17.2. The van der Waals surface area contributed by atoms with E-state index in [1.54, 1.807) is 29.8 Å². The minimum Gasteiger partial charge on any atom is -0.487 e. The number of nitrogens with zero attached hydrogens (tertiary/aromatic N) is 2. The van der Waals surface area contributed by atoms with Gasteiger partial charge in [0.05, 0.1) is 11.2 Å². The molecule has 0 unspecified atom stereocenters. The number of furan rings is 1. The van der Waals surface area contributed by atoms with Crippen molar-refractivity contribution in [2.24, 2.45) is 0 Å². The fraction of sp³-hybridized carbons (Fsp3) is 0.0455. The number of rotatable bonds is 6. The third kappa shape index (κ3) is 3.96. The van der Waals surface area contributed by atoms with Crippen molar-refractivity contribution < 1.29 is 13.9 Å². The van der Waals surface area contributed by atoms with E-state index in [9.17, 15) is 4.79 Å². The fourth-order valence-electron chi connectivity index (χ4n) is 2.89. The van der Waals surface area contributed by atoms with Crippen molar-refractivity contribution in [3.05, 3.63) is 82.1 Å². The van der Waals surface area contributed by atoms with Crippen LogP contribution < -0.4 is 10.1 Å². The first-order valence-electron chi connectivity index (χ1n) is 9.10. The predicted molar refractivity (Wildman–Crippen MR) is 118 cm³/mol. The molecule has 30 heavy (non-hydrogen) atoms. The van der Waals surface area contributed by atoms with Gasteiger partial charge in [-0.25, -0.2) is 9.97 Å². The predicted octanol–water partition coefficient (Wildman–Crippen LogP) is 5.84. The number of thiazole rings is 2. The maximum atomic E-state index is 12.5. The zero-order chi connectivity index (χ0) is 20.3. The Balaban J connectivity index is 1.24. The van der Waals surface area contributed by atoms with Gasteiger partial charge in [0.25, 0.3) is 5.91 Å². The Kier molecular flexibility index (Phi) is 5.00. The molecule has 0 aliphatic heterocycles. The van der Waals surface area contributed by atoms with Gasteiger partial charge in [0.15, 0.2) is 10.9 Å². The highest BCUT2D eigenvalue weighted by Gasteiger charge is 2.13. The number of carbonyl (C=O) groups excluding carboxylic acids is 1. The second kappa shape index (κ2) is 8.10. The molecule has 148 valence electrons. The molecule has 0 saturated heterocycles. The third-order valence-electron chi connectivity index (χ3n) is 4.39. The molecule has 5 rings (SSSR count). The first-order chi connectivity index (χ1) is 14.7. The summed E-state index contributed by atoms with van der Waals surface area (Å²) in [6.07, 6.45) is 0. The average molecular weight is 434 g/mol. The SMILES string of the molecule is O=C(Nc1nc(-c2cc3ccccc3o2)cs1)c1ccc(OCc2cscn2)cc1. The summed E-state index contributed by atoms with van der Waals surface area (Å²) in [4.78, 5) is 21.2. The van der Waals surface area contributed by atoms with Gasteiger partial charge in [0.1, 0.15) is 23.6 Å². The van der Waals surface area contributed by atoms with Crippen LogP contribution >= 0.6 is 22.7 Å². The lowest BCUT2D eigenvalue weighted by Crippen LogP contribution is -2.11. The van der Waals surface area contributed by atoms with Gasteiger partial charge in [0.2, 0.25) is 0 Å². The van der Waals surface area contributed by atoms with E-state index in [4.69, 9.17) is 9.15 Å². The molecule has 0 aliphatic carbocycles. The van der Waals surface area contributed by atoms with Gasteiger partial charge in [-0.1, -0.05) is 18.2 Å². The van der Waals surface area contributed by atoms with Crippen LogP contribution in [0.3, 0.4) is 0 Å². The van der Waals surface area contributed by atoms with Crippen molar-refractivity contribution >= 4 is 44.7 Å². The maximum absolute atomic E-state index is 12.5. The van der Waals surface area contributed by atoms with Crippen LogP contribution in [0.4, 0.5) is 5.13 Å². The molecule has 1 N–H and O–H groups in total. The van der Waals surface area contributed by atoms with Crippen molar-refractivity contribution in [3.8, 4) is 17.2 Å². The van der Waals surface area contributed by atoms with Crippen LogP contribution in [0.5, 0.6) is 5.75 Å². The second-order valence-electron chi connectivity index (χ2n) is 6.43. The molecule has 0 fully saturated rings. The van der Waals surface area contributed by atoms with E-state index in [1.807, 2.05) is 41.1 Å². The molecule has 5 aromatic rings. The monoisotopic (exact) mass is 433 g/mol. The van der Waals surface area contributed by atoms with Crippen molar-refractivity contribution in [3.63, 3.8) is 0 Å². The molecule has 3 aromatic heterocycles. The van der Waals surface area contributed by atoms with Gasteiger partial charge in [-0.05, 0) is 36.4 Å². The standard InChI is InChI=1S/C22H15N3O3S2/c26-21(14-5-7-17(8-6-14)27-10-16-11-29-13-23-16)25-22-24-18(12-30-22)20-9-15-3-1-2-4-19(15)28-20/h1-9,11-13H,10H2,(H,24,25,26). The molecule has 1 amide bonds. The highest BCUT2D eigenvalue weighted by molar-refractivity contribution is 7.14. The number of para-hydroxylation sites is 1. The van der Waals surface area contributed by atoms with Gasteiger partial charge in [-0.3, -0.25) is 10.1 Å². The van der Waals surface area contributed by atoms with Gasteiger partial charge in [-0.15, -0.1) is 22.7 Å². The largest absolute Gasteiger partial charge is 0.487 e. The van der Waals surface area contributed by atoms with Gasteiger partial charge < -0.3 is 9.15 Å². The third-order valence-corrected chi connectivity index (χ3v) is 5.78. The molecule has 0 spiro atoms. The Morgan fingerprint density at radius 3 is 2.77 bits per heavy atom. The van der Waals surface area contributed by atoms with Gasteiger partial charge >= 0.3 is 0 Å². The molecule has 0 atom stereocenters. The molecule has 0 saturated carbocycles. The molecular formula is C22H15N3O3S2. The summed E-state index contributed by atoms with van der Waals surface area (Å²) in [6, 6.07) is 16.7. The van der Waals surface area contributed by atoms with Gasteiger partial charge in [-0.2, -0.15) is 0 Å². The number of fused-ring (bicyclic) bond motifs is 1. The number of aromatic nitrogens is 2. The zero-order valence-electron chi connectivity index (χ0n) is 15.6. The lowest BCUT2D eigenvalue weighted by Gasteiger charge is -2.06. The summed E-state index contributed by atoms with van der Waals surface area (Å²) in [6.45, 7) is 0.402. The first-order valence-corrected chi connectivity index (χ1v) is 10.9. The quantitative estimate of drug-likeness (QED) is 0.364. The summed E-state index contributed by atoms with van der Waals surface area (Å²) in [7, 11) is 0. The van der Waals surface area contributed by atoms with E-state index >= 15 is 0 Å². The van der Waals surface area contributed by atoms with Crippen LogP contribution in [-0.2, 0) is 6.61 Å². The van der Waals surface area contributed by atoms with E-state index in [0.717, 1.165) is 16.7 Å². The molecule has 0 radical (unpaired) electrons. The van der Waals surface area contributed by atoms with Crippen molar-refractivity contribution in [1.29, 1.82) is 0 Å². The Morgan fingerprint density at radius 1 is 1.10 bits per heavy atom. The van der Waals surface area contributed by atoms with Crippen LogP contribution in [0.25, 0.3) is 22.4 Å². The van der Waals surface area contributed by atoms with E-state index in [0.29, 0.717) is 34.5 Å². The van der Waals surface area contributed by atoms with Crippen LogP contribution in [0, 0.1) is 0 Å². The van der Waals surface area contributed by atoms with Crippen LogP contribution in [0.1, 0.15) is 16.1 Å². The smallest absolute Gasteiger partial charge is 0.257 e. The lowest BCUT2D eigenvalue weighted by atomic mass is 10.2. The summed E-state index contributed by atoms with van der Waals surface area (Å²) in [5.74, 6) is 1.13. The van der Waals surface area contributed by atoms with E-state index in [-0.39, 0.29) is 5.91 Å². The molecule has 2 aromatic carbocycles. The summed E-state index contributed by atoms with van der Waals surface area (Å²) >= 11 is 2.88. The number of benzene rings is 2. The normalized spacial score (nSPS) is 10.9. The van der Waals surface area contributed by atoms with Crippen LogP contribution in [-0.4, -0.2) is 15.9 Å². The number of amides is 1. The molecule has 8 heteroatoms. The van der Waals surface area contributed by atoms with Crippen LogP contribution in [0.15, 0.2) is 75.3 Å². The van der Waals surface area contributed by atoms with E-state index in [2.05, 4.69) is 15.3 Å². The summed E-state index contributed by atoms with van der Waals surface area (Å²) in [5.41, 5.74) is 4.67. The maximum Gasteiger partial charge on any atom is 0.257 e. The molecule has 0 aliphatic rings. The van der Waals surface area contributed by atoms with E-state index < -0.39 is 0 Å². The topological polar surface area (TPSA) is 77.2 Å².